The first-order chi connectivity index (χ1) is 9.15. The van der Waals surface area contributed by atoms with Crippen molar-refractivity contribution in [3.05, 3.63) is 24.3 Å². The van der Waals surface area contributed by atoms with Gasteiger partial charge in [-0.25, -0.2) is 0 Å². The van der Waals surface area contributed by atoms with Gasteiger partial charge in [0.15, 0.2) is 0 Å². The third-order valence-electron chi connectivity index (χ3n) is 2.98. The topological polar surface area (TPSA) is 55.6 Å². The van der Waals surface area contributed by atoms with Gasteiger partial charge in [0.05, 0.1) is 12.3 Å². The van der Waals surface area contributed by atoms with Crippen LogP contribution in [0.1, 0.15) is 32.6 Å². The second-order valence-corrected chi connectivity index (χ2v) is 4.66. The molecular weight excluding hydrogens is 240 g/mol. The van der Waals surface area contributed by atoms with Crippen LogP contribution in [0.3, 0.4) is 0 Å². The van der Waals surface area contributed by atoms with Crippen molar-refractivity contribution < 1.29 is 9.53 Å². The van der Waals surface area contributed by atoms with Crippen molar-refractivity contribution >= 4 is 11.6 Å². The summed E-state index contributed by atoms with van der Waals surface area (Å²) in [7, 11) is 1.86. The van der Waals surface area contributed by atoms with Gasteiger partial charge in [0.25, 0.3) is 0 Å². The Morgan fingerprint density at radius 1 is 1.32 bits per heavy atom. The Kier molecular flexibility index (Phi) is 6.79. The van der Waals surface area contributed by atoms with Gasteiger partial charge in [-0.3, -0.25) is 4.79 Å². The Morgan fingerprint density at radius 3 is 2.74 bits per heavy atom. The highest BCUT2D eigenvalue weighted by Crippen LogP contribution is 2.19. The number of ether oxygens (including phenoxy) is 1. The second-order valence-electron chi connectivity index (χ2n) is 4.66. The smallest absolute Gasteiger partial charge is 0.222 e. The molecule has 2 N–H and O–H groups in total. The Balaban J connectivity index is 2.20. The summed E-state index contributed by atoms with van der Waals surface area (Å²) in [5, 5.41) is 0. The number of amides is 1. The maximum absolute atomic E-state index is 11.8. The van der Waals surface area contributed by atoms with E-state index in [9.17, 15) is 4.79 Å². The lowest BCUT2D eigenvalue weighted by molar-refractivity contribution is -0.130. The number of hydrogen-bond donors (Lipinski definition) is 1. The highest BCUT2D eigenvalue weighted by molar-refractivity contribution is 5.75. The molecule has 1 amide bonds. The van der Waals surface area contributed by atoms with Crippen LogP contribution in [0.5, 0.6) is 5.75 Å². The zero-order valence-electron chi connectivity index (χ0n) is 11.9. The molecule has 0 aliphatic heterocycles. The number of benzene rings is 1. The molecule has 0 aliphatic rings. The number of anilines is 1. The van der Waals surface area contributed by atoms with Gasteiger partial charge in [0, 0.05) is 20.0 Å². The lowest BCUT2D eigenvalue weighted by atomic mass is 10.2. The number of unbranched alkanes of at least 4 members (excludes halogenated alkanes) is 1. The summed E-state index contributed by atoms with van der Waals surface area (Å²) in [5.74, 6) is 0.868. The molecule has 4 heteroatoms. The van der Waals surface area contributed by atoms with Crippen molar-refractivity contribution in [1.82, 2.24) is 4.90 Å². The molecule has 0 spiro atoms. The standard InChI is InChI=1S/C15H24N2O2/c1-3-4-11-17(2)15(18)10-7-12-19-14-9-6-5-8-13(14)16/h5-6,8-9H,3-4,7,10-12,16H2,1-2H3. The molecule has 1 rings (SSSR count). The molecule has 0 saturated heterocycles. The number of hydrogen-bond acceptors (Lipinski definition) is 3. The molecule has 0 bridgehead atoms. The maximum atomic E-state index is 11.8. The molecule has 0 heterocycles. The third kappa shape index (κ3) is 5.64. The molecule has 0 aromatic heterocycles. The average molecular weight is 264 g/mol. The van der Waals surface area contributed by atoms with Gasteiger partial charge in [-0.05, 0) is 25.0 Å². The van der Waals surface area contributed by atoms with E-state index in [2.05, 4.69) is 6.92 Å². The van der Waals surface area contributed by atoms with E-state index in [1.165, 1.54) is 0 Å². The average Bonchev–Trinajstić information content (AvgIpc) is 2.42. The maximum Gasteiger partial charge on any atom is 0.222 e. The number of nitrogen functional groups attached to an aromatic ring is 1. The van der Waals surface area contributed by atoms with Gasteiger partial charge in [0.1, 0.15) is 5.75 Å². The number of carbonyl (C=O) groups is 1. The van der Waals surface area contributed by atoms with Crippen LogP contribution in [0.15, 0.2) is 24.3 Å². The van der Waals surface area contributed by atoms with E-state index in [4.69, 9.17) is 10.5 Å². The zero-order valence-corrected chi connectivity index (χ0v) is 11.9. The quantitative estimate of drug-likeness (QED) is 0.580. The van der Waals surface area contributed by atoms with E-state index in [1.54, 1.807) is 11.0 Å². The molecule has 0 fully saturated rings. The summed E-state index contributed by atoms with van der Waals surface area (Å²) < 4.78 is 5.55. The van der Waals surface area contributed by atoms with Crippen LogP contribution >= 0.6 is 0 Å². The fourth-order valence-corrected chi connectivity index (χ4v) is 1.73. The van der Waals surface area contributed by atoms with E-state index in [1.807, 2.05) is 25.2 Å². The molecule has 0 atom stereocenters. The molecule has 19 heavy (non-hydrogen) atoms. The normalized spacial score (nSPS) is 10.2. The van der Waals surface area contributed by atoms with E-state index < -0.39 is 0 Å². The van der Waals surface area contributed by atoms with Crippen LogP contribution in [-0.4, -0.2) is 31.0 Å². The minimum absolute atomic E-state index is 0.179. The number of carbonyl (C=O) groups excluding carboxylic acids is 1. The first kappa shape index (κ1) is 15.3. The fourth-order valence-electron chi connectivity index (χ4n) is 1.73. The van der Waals surface area contributed by atoms with Gasteiger partial charge in [-0.15, -0.1) is 0 Å². The van der Waals surface area contributed by atoms with E-state index in [0.717, 1.165) is 19.4 Å². The largest absolute Gasteiger partial charge is 0.491 e. The lowest BCUT2D eigenvalue weighted by Gasteiger charge is -2.16. The number of nitrogens with two attached hydrogens (primary N) is 1. The van der Waals surface area contributed by atoms with Crippen LogP contribution in [-0.2, 0) is 4.79 Å². The van der Waals surface area contributed by atoms with Crippen molar-refractivity contribution in [2.24, 2.45) is 0 Å². The highest BCUT2D eigenvalue weighted by Gasteiger charge is 2.07. The van der Waals surface area contributed by atoms with E-state index in [-0.39, 0.29) is 5.91 Å². The lowest BCUT2D eigenvalue weighted by Crippen LogP contribution is -2.27. The van der Waals surface area contributed by atoms with Crippen LogP contribution < -0.4 is 10.5 Å². The van der Waals surface area contributed by atoms with Crippen molar-refractivity contribution in [3.8, 4) is 5.75 Å². The minimum Gasteiger partial charge on any atom is -0.491 e. The van der Waals surface area contributed by atoms with Crippen LogP contribution in [0.25, 0.3) is 0 Å². The fraction of sp³-hybridized carbons (Fsp3) is 0.533. The number of rotatable bonds is 8. The van der Waals surface area contributed by atoms with Crippen molar-refractivity contribution in [2.45, 2.75) is 32.6 Å². The predicted octanol–water partition coefficient (Wildman–Crippen LogP) is 2.69. The van der Waals surface area contributed by atoms with Crippen molar-refractivity contribution in [3.63, 3.8) is 0 Å². The minimum atomic E-state index is 0.179. The van der Waals surface area contributed by atoms with Crippen molar-refractivity contribution in [1.29, 1.82) is 0 Å². The Morgan fingerprint density at radius 2 is 2.05 bits per heavy atom. The van der Waals surface area contributed by atoms with E-state index in [0.29, 0.717) is 30.9 Å². The number of nitrogens with zero attached hydrogens (tertiary/aromatic N) is 1. The highest BCUT2D eigenvalue weighted by atomic mass is 16.5. The summed E-state index contributed by atoms with van der Waals surface area (Å²) >= 11 is 0. The van der Waals surface area contributed by atoms with Crippen molar-refractivity contribution in [2.75, 3.05) is 25.9 Å². The summed E-state index contributed by atoms with van der Waals surface area (Å²) in [4.78, 5) is 13.6. The van der Waals surface area contributed by atoms with Gasteiger partial charge >= 0.3 is 0 Å². The molecule has 1 aromatic carbocycles. The SMILES string of the molecule is CCCCN(C)C(=O)CCCOc1ccccc1N. The zero-order chi connectivity index (χ0) is 14.1. The molecule has 0 saturated carbocycles. The summed E-state index contributed by atoms with van der Waals surface area (Å²) in [5.41, 5.74) is 6.40. The van der Waals surface area contributed by atoms with Crippen LogP contribution in [0.4, 0.5) is 5.69 Å². The Hall–Kier alpha value is -1.71. The van der Waals surface area contributed by atoms with Gasteiger partial charge in [-0.2, -0.15) is 0 Å². The molecular formula is C15H24N2O2. The van der Waals surface area contributed by atoms with Gasteiger partial charge in [-0.1, -0.05) is 25.5 Å². The summed E-state index contributed by atoms with van der Waals surface area (Å²) in [6.07, 6.45) is 3.39. The first-order valence-corrected chi connectivity index (χ1v) is 6.86. The summed E-state index contributed by atoms with van der Waals surface area (Å²) in [6.45, 7) is 3.47. The molecule has 0 unspecified atom stereocenters. The molecule has 0 aliphatic carbocycles. The number of para-hydroxylation sites is 2. The van der Waals surface area contributed by atoms with Crippen LogP contribution in [0, 0.1) is 0 Å². The molecule has 1 aromatic rings. The predicted molar refractivity (Wildman–Crippen MR) is 78.1 cm³/mol. The third-order valence-corrected chi connectivity index (χ3v) is 2.98. The Labute approximate surface area is 115 Å². The van der Waals surface area contributed by atoms with Crippen LogP contribution in [0.2, 0.25) is 0 Å². The molecule has 106 valence electrons. The summed E-state index contributed by atoms with van der Waals surface area (Å²) in [6, 6.07) is 7.40. The molecule has 0 radical (unpaired) electrons. The monoisotopic (exact) mass is 264 g/mol. The van der Waals surface area contributed by atoms with E-state index >= 15 is 0 Å². The van der Waals surface area contributed by atoms with Gasteiger partial charge in [0.2, 0.25) is 5.91 Å². The second kappa shape index (κ2) is 8.40. The Bertz CT molecular complexity index is 393. The first-order valence-electron chi connectivity index (χ1n) is 6.86. The molecule has 4 nitrogen and oxygen atoms in total. The van der Waals surface area contributed by atoms with Gasteiger partial charge < -0.3 is 15.4 Å².